The highest BCUT2D eigenvalue weighted by molar-refractivity contribution is 5.38. The van der Waals surface area contributed by atoms with E-state index in [1.54, 1.807) is 17.0 Å². The molecule has 6 nitrogen and oxygen atoms in total. The third-order valence-corrected chi connectivity index (χ3v) is 4.37. The van der Waals surface area contributed by atoms with Crippen LogP contribution >= 0.6 is 0 Å². The summed E-state index contributed by atoms with van der Waals surface area (Å²) in [5.41, 5.74) is -0.994. The monoisotopic (exact) mass is 341 g/mol. The van der Waals surface area contributed by atoms with Gasteiger partial charge in [0.1, 0.15) is 11.9 Å². The number of hydrogen-bond donors (Lipinski definition) is 1. The van der Waals surface area contributed by atoms with E-state index >= 15 is 0 Å². The molecule has 2 aromatic rings. The van der Waals surface area contributed by atoms with E-state index in [1.807, 2.05) is 11.9 Å². The highest BCUT2D eigenvalue weighted by atomic mass is 19.4. The van der Waals surface area contributed by atoms with Crippen LogP contribution < -0.4 is 4.90 Å². The maximum absolute atomic E-state index is 12.5. The number of aliphatic hydroxyl groups excluding tert-OH is 1. The van der Waals surface area contributed by atoms with Gasteiger partial charge in [-0.3, -0.25) is 0 Å². The Kier molecular flexibility index (Phi) is 4.44. The normalized spacial score (nSPS) is 18.0. The first-order chi connectivity index (χ1) is 11.4. The zero-order valence-corrected chi connectivity index (χ0v) is 13.1. The summed E-state index contributed by atoms with van der Waals surface area (Å²) in [5, 5.41) is 17.4. The average molecular weight is 341 g/mol. The van der Waals surface area contributed by atoms with Crippen LogP contribution in [0.25, 0.3) is 0 Å². The first kappa shape index (κ1) is 16.7. The summed E-state index contributed by atoms with van der Waals surface area (Å²) in [6.07, 6.45) is -0.291. The van der Waals surface area contributed by atoms with Crippen molar-refractivity contribution >= 4 is 5.82 Å². The van der Waals surface area contributed by atoms with Crippen molar-refractivity contribution in [2.24, 2.45) is 13.0 Å². The molecule has 0 aromatic carbocycles. The lowest BCUT2D eigenvalue weighted by Gasteiger charge is -2.34. The lowest BCUT2D eigenvalue weighted by Crippen LogP contribution is -2.36. The second-order valence-corrected chi connectivity index (χ2v) is 5.94. The van der Waals surface area contributed by atoms with Gasteiger partial charge in [0.05, 0.1) is 0 Å². The van der Waals surface area contributed by atoms with Crippen molar-refractivity contribution in [1.82, 2.24) is 19.7 Å². The Bertz CT molecular complexity index is 677. The number of anilines is 1. The van der Waals surface area contributed by atoms with Crippen LogP contribution in [0.15, 0.2) is 24.5 Å². The SMILES string of the molecule is Cn1ccnc1C(O)C1CCN(c2ccc(C(F)(F)F)nn2)CC1. The largest absolute Gasteiger partial charge is 0.435 e. The summed E-state index contributed by atoms with van der Waals surface area (Å²) < 4.78 is 39.3. The maximum Gasteiger partial charge on any atom is 0.435 e. The van der Waals surface area contributed by atoms with Crippen LogP contribution in [0.3, 0.4) is 0 Å². The molecule has 1 aliphatic rings. The minimum Gasteiger partial charge on any atom is -0.385 e. The van der Waals surface area contributed by atoms with Gasteiger partial charge in [-0.2, -0.15) is 13.2 Å². The summed E-state index contributed by atoms with van der Waals surface area (Å²) in [7, 11) is 1.83. The molecule has 3 rings (SSSR count). The Hall–Kier alpha value is -2.16. The van der Waals surface area contributed by atoms with Crippen LogP contribution in [0.2, 0.25) is 0 Å². The second kappa shape index (κ2) is 6.39. The molecule has 3 heterocycles. The van der Waals surface area contributed by atoms with Gasteiger partial charge in [0, 0.05) is 32.5 Å². The summed E-state index contributed by atoms with van der Waals surface area (Å²) in [6, 6.07) is 2.28. The van der Waals surface area contributed by atoms with Crippen molar-refractivity contribution in [2.45, 2.75) is 25.1 Å². The molecule has 2 aromatic heterocycles. The molecule has 1 fully saturated rings. The summed E-state index contributed by atoms with van der Waals surface area (Å²) in [4.78, 5) is 6.05. The predicted molar refractivity (Wildman–Crippen MR) is 80.1 cm³/mol. The molecule has 0 aliphatic carbocycles. The first-order valence-corrected chi connectivity index (χ1v) is 7.67. The molecule has 1 unspecified atom stereocenters. The molecule has 0 radical (unpaired) electrons. The van der Waals surface area contributed by atoms with Gasteiger partial charge < -0.3 is 14.6 Å². The molecule has 1 N–H and O–H groups in total. The van der Waals surface area contributed by atoms with Gasteiger partial charge in [0.2, 0.25) is 0 Å². The number of imidazole rings is 1. The van der Waals surface area contributed by atoms with Crippen LogP contribution in [0.4, 0.5) is 19.0 Å². The van der Waals surface area contributed by atoms with E-state index in [1.165, 1.54) is 6.07 Å². The van der Waals surface area contributed by atoms with Crippen LogP contribution in [0.5, 0.6) is 0 Å². The number of alkyl halides is 3. The van der Waals surface area contributed by atoms with E-state index in [9.17, 15) is 18.3 Å². The van der Waals surface area contributed by atoms with Gasteiger partial charge in [-0.25, -0.2) is 4.98 Å². The number of aliphatic hydroxyl groups is 1. The predicted octanol–water partition coefficient (Wildman–Crippen LogP) is 2.18. The second-order valence-electron chi connectivity index (χ2n) is 5.94. The highest BCUT2D eigenvalue weighted by Gasteiger charge is 2.33. The van der Waals surface area contributed by atoms with Gasteiger partial charge in [0.25, 0.3) is 0 Å². The van der Waals surface area contributed by atoms with Gasteiger partial charge in [0.15, 0.2) is 11.5 Å². The standard InChI is InChI=1S/C15H18F3N5O/c1-22-9-6-19-14(22)13(24)10-4-7-23(8-5-10)12-3-2-11(20-21-12)15(16,17)18/h2-3,6,9-10,13,24H,4-5,7-8H2,1H3. The van der Waals surface area contributed by atoms with E-state index in [4.69, 9.17) is 0 Å². The quantitative estimate of drug-likeness (QED) is 0.927. The van der Waals surface area contributed by atoms with E-state index < -0.39 is 18.0 Å². The lowest BCUT2D eigenvalue weighted by atomic mass is 9.90. The average Bonchev–Trinajstić information content (AvgIpc) is 3.00. The maximum atomic E-state index is 12.5. The fourth-order valence-electron chi connectivity index (χ4n) is 2.96. The smallest absolute Gasteiger partial charge is 0.385 e. The molecule has 0 spiro atoms. The lowest BCUT2D eigenvalue weighted by molar-refractivity contribution is -0.141. The van der Waals surface area contributed by atoms with Crippen molar-refractivity contribution in [1.29, 1.82) is 0 Å². The Balaban J connectivity index is 1.62. The molecule has 1 atom stereocenters. The minimum atomic E-state index is -4.48. The number of rotatable bonds is 3. The van der Waals surface area contributed by atoms with Gasteiger partial charge >= 0.3 is 6.18 Å². The van der Waals surface area contributed by atoms with E-state index in [0.29, 0.717) is 37.6 Å². The fourth-order valence-corrected chi connectivity index (χ4v) is 2.96. The van der Waals surface area contributed by atoms with Crippen molar-refractivity contribution in [3.05, 3.63) is 36.0 Å². The zero-order chi connectivity index (χ0) is 17.3. The number of aryl methyl sites for hydroxylation is 1. The molecule has 130 valence electrons. The van der Waals surface area contributed by atoms with Gasteiger partial charge in [-0.15, -0.1) is 10.2 Å². The topological polar surface area (TPSA) is 67.1 Å². The number of aromatic nitrogens is 4. The molecular weight excluding hydrogens is 323 g/mol. The Morgan fingerprint density at radius 2 is 1.92 bits per heavy atom. The molecule has 1 saturated heterocycles. The number of halogens is 3. The van der Waals surface area contributed by atoms with Crippen LogP contribution in [0.1, 0.15) is 30.5 Å². The van der Waals surface area contributed by atoms with Crippen LogP contribution in [-0.4, -0.2) is 37.9 Å². The summed E-state index contributed by atoms with van der Waals surface area (Å²) in [5.74, 6) is 1.11. The molecule has 0 saturated carbocycles. The van der Waals surface area contributed by atoms with Crippen molar-refractivity contribution in [2.75, 3.05) is 18.0 Å². The third-order valence-electron chi connectivity index (χ3n) is 4.37. The number of hydrogen-bond acceptors (Lipinski definition) is 5. The fraction of sp³-hybridized carbons (Fsp3) is 0.533. The minimum absolute atomic E-state index is 0.0600. The van der Waals surface area contributed by atoms with Crippen LogP contribution in [0, 0.1) is 5.92 Å². The molecule has 0 amide bonds. The summed E-state index contributed by atoms with van der Waals surface area (Å²) >= 11 is 0. The zero-order valence-electron chi connectivity index (χ0n) is 13.1. The molecule has 9 heteroatoms. The van der Waals surface area contributed by atoms with Crippen molar-refractivity contribution in [3.8, 4) is 0 Å². The van der Waals surface area contributed by atoms with Crippen molar-refractivity contribution in [3.63, 3.8) is 0 Å². The highest BCUT2D eigenvalue weighted by Crippen LogP contribution is 2.32. The molecular formula is C15H18F3N5O. The summed E-state index contributed by atoms with van der Waals surface area (Å²) in [6.45, 7) is 1.21. The first-order valence-electron chi connectivity index (χ1n) is 7.67. The van der Waals surface area contributed by atoms with E-state index in [0.717, 1.165) is 6.07 Å². The van der Waals surface area contributed by atoms with E-state index in [2.05, 4.69) is 15.2 Å². The third kappa shape index (κ3) is 3.35. The Morgan fingerprint density at radius 3 is 2.42 bits per heavy atom. The van der Waals surface area contributed by atoms with Gasteiger partial charge in [-0.05, 0) is 30.9 Å². The number of piperidine rings is 1. The number of nitrogens with zero attached hydrogens (tertiary/aromatic N) is 5. The van der Waals surface area contributed by atoms with Crippen LogP contribution in [-0.2, 0) is 13.2 Å². The van der Waals surface area contributed by atoms with Crippen molar-refractivity contribution < 1.29 is 18.3 Å². The Morgan fingerprint density at radius 1 is 1.21 bits per heavy atom. The molecule has 1 aliphatic heterocycles. The molecule has 0 bridgehead atoms. The molecule has 24 heavy (non-hydrogen) atoms. The Labute approximate surface area is 136 Å². The van der Waals surface area contributed by atoms with Gasteiger partial charge in [-0.1, -0.05) is 0 Å². The van der Waals surface area contributed by atoms with E-state index in [-0.39, 0.29) is 5.92 Å².